The number of hydrogen-bond donors (Lipinski definition) is 2. The van der Waals surface area contributed by atoms with Gasteiger partial charge in [-0.05, 0) is 39.0 Å². The van der Waals surface area contributed by atoms with Crippen LogP contribution in [0.5, 0.6) is 0 Å². The monoisotopic (exact) mass is 352 g/mol. The fraction of sp³-hybridized carbons (Fsp3) is 0.650. The number of aliphatic carboxylic acids is 1. The van der Waals surface area contributed by atoms with Crippen molar-refractivity contribution in [2.24, 2.45) is 11.8 Å². The molecular weight excluding hydrogens is 320 g/mol. The van der Waals surface area contributed by atoms with Gasteiger partial charge in [-0.1, -0.05) is 44.1 Å². The van der Waals surface area contributed by atoms with Gasteiger partial charge in [-0.2, -0.15) is 0 Å². The van der Waals surface area contributed by atoms with Gasteiger partial charge in [0.1, 0.15) is 12.1 Å². The predicted octanol–water partition coefficient (Wildman–Crippen LogP) is 3.71. The van der Waals surface area contributed by atoms with E-state index >= 15 is 0 Å². The quantitative estimate of drug-likeness (QED) is 0.266. The molecule has 0 radical (unpaired) electrons. The van der Waals surface area contributed by atoms with Gasteiger partial charge in [0.2, 0.25) is 0 Å². The minimum Gasteiger partial charge on any atom is -0.481 e. The van der Waals surface area contributed by atoms with Gasteiger partial charge in [-0.15, -0.1) is 0 Å². The number of allylic oxidation sites excluding steroid dienone is 2. The number of carbonyl (C=O) groups is 3. The highest BCUT2D eigenvalue weighted by Crippen LogP contribution is 2.20. The summed E-state index contributed by atoms with van der Waals surface area (Å²) in [5, 5.41) is 18.6. The molecule has 0 aliphatic carbocycles. The molecule has 0 aromatic carbocycles. The largest absolute Gasteiger partial charge is 0.481 e. The lowest BCUT2D eigenvalue weighted by atomic mass is 9.85. The molecule has 25 heavy (non-hydrogen) atoms. The highest BCUT2D eigenvalue weighted by atomic mass is 16.4. The first-order valence-electron chi connectivity index (χ1n) is 9.11. The Bertz CT molecular complexity index is 453. The summed E-state index contributed by atoms with van der Waals surface area (Å²) in [6.45, 7) is 3.56. The summed E-state index contributed by atoms with van der Waals surface area (Å²) in [4.78, 5) is 33.6. The fourth-order valence-corrected chi connectivity index (χ4v) is 2.62. The molecule has 0 aliphatic heterocycles. The van der Waals surface area contributed by atoms with E-state index < -0.39 is 23.9 Å². The lowest BCUT2D eigenvalue weighted by Crippen LogP contribution is -2.22. The number of unbranched alkanes of at least 4 members (excludes halogenated alkanes) is 3. The fourth-order valence-electron chi connectivity index (χ4n) is 2.62. The lowest BCUT2D eigenvalue weighted by Gasteiger charge is -2.17. The van der Waals surface area contributed by atoms with Gasteiger partial charge in [0.15, 0.2) is 0 Å². The number of Topliss-reactive ketones (excluding diaryl/α,β-unsaturated/α-hetero) is 1. The number of aliphatic hydroxyl groups is 1. The van der Waals surface area contributed by atoms with Crippen LogP contribution in [-0.2, 0) is 14.4 Å². The molecule has 0 saturated carbocycles. The van der Waals surface area contributed by atoms with Gasteiger partial charge in [0, 0.05) is 18.3 Å². The summed E-state index contributed by atoms with van der Waals surface area (Å²) in [5.74, 6) is -2.22. The van der Waals surface area contributed by atoms with Crippen molar-refractivity contribution in [3.8, 4) is 0 Å². The van der Waals surface area contributed by atoms with Crippen molar-refractivity contribution in [1.82, 2.24) is 0 Å². The molecular formula is C20H32O5. The molecule has 0 heterocycles. The second-order valence-corrected chi connectivity index (χ2v) is 6.37. The molecule has 3 unspecified atom stereocenters. The van der Waals surface area contributed by atoms with Crippen molar-refractivity contribution in [3.63, 3.8) is 0 Å². The minimum atomic E-state index is -0.915. The molecule has 5 heteroatoms. The number of carbonyl (C=O) groups excluding carboxylic acids is 2. The van der Waals surface area contributed by atoms with Crippen molar-refractivity contribution in [2.75, 3.05) is 0 Å². The Morgan fingerprint density at radius 2 is 1.80 bits per heavy atom. The van der Waals surface area contributed by atoms with E-state index in [0.717, 1.165) is 12.8 Å². The number of aldehydes is 1. The first kappa shape index (κ1) is 23.2. The van der Waals surface area contributed by atoms with Gasteiger partial charge in [0.05, 0.1) is 6.10 Å². The first-order valence-corrected chi connectivity index (χ1v) is 9.11. The van der Waals surface area contributed by atoms with Gasteiger partial charge >= 0.3 is 5.97 Å². The maximum atomic E-state index is 11.7. The molecule has 0 aliphatic rings. The van der Waals surface area contributed by atoms with Crippen LogP contribution in [0.3, 0.4) is 0 Å². The van der Waals surface area contributed by atoms with Gasteiger partial charge in [-0.25, -0.2) is 0 Å². The zero-order valence-electron chi connectivity index (χ0n) is 15.4. The molecule has 0 spiro atoms. The number of hydrogen-bond acceptors (Lipinski definition) is 4. The van der Waals surface area contributed by atoms with E-state index in [-0.39, 0.29) is 12.2 Å². The second-order valence-electron chi connectivity index (χ2n) is 6.37. The van der Waals surface area contributed by atoms with Crippen molar-refractivity contribution < 1.29 is 24.6 Å². The summed E-state index contributed by atoms with van der Waals surface area (Å²) < 4.78 is 0. The third-order valence-electron chi connectivity index (χ3n) is 4.12. The second kappa shape index (κ2) is 14.6. The number of ketones is 1. The van der Waals surface area contributed by atoms with E-state index in [2.05, 4.69) is 6.92 Å². The van der Waals surface area contributed by atoms with Gasteiger partial charge in [0.25, 0.3) is 0 Å². The van der Waals surface area contributed by atoms with E-state index in [1.165, 1.54) is 19.8 Å². The molecule has 0 rings (SSSR count). The van der Waals surface area contributed by atoms with E-state index in [4.69, 9.17) is 5.11 Å². The average molecular weight is 352 g/mol. The van der Waals surface area contributed by atoms with Crippen LogP contribution in [-0.4, -0.2) is 34.4 Å². The maximum absolute atomic E-state index is 11.7. The van der Waals surface area contributed by atoms with Crippen LogP contribution in [0.4, 0.5) is 0 Å². The van der Waals surface area contributed by atoms with Crippen LogP contribution in [0.25, 0.3) is 0 Å². The summed E-state index contributed by atoms with van der Waals surface area (Å²) in [7, 11) is 0. The van der Waals surface area contributed by atoms with E-state index in [1.54, 1.807) is 12.2 Å². The Balaban J connectivity index is 4.48. The van der Waals surface area contributed by atoms with Crippen molar-refractivity contribution in [3.05, 3.63) is 24.3 Å². The van der Waals surface area contributed by atoms with E-state index in [0.29, 0.717) is 25.5 Å². The number of aliphatic hydroxyl groups excluding tert-OH is 1. The van der Waals surface area contributed by atoms with Crippen LogP contribution in [0.1, 0.15) is 65.2 Å². The highest BCUT2D eigenvalue weighted by Gasteiger charge is 2.23. The molecule has 0 amide bonds. The summed E-state index contributed by atoms with van der Waals surface area (Å²) in [6, 6.07) is 0. The topological polar surface area (TPSA) is 91.7 Å². The molecule has 0 saturated heterocycles. The average Bonchev–Trinajstić information content (AvgIpc) is 2.56. The van der Waals surface area contributed by atoms with Gasteiger partial charge < -0.3 is 15.0 Å². The first-order chi connectivity index (χ1) is 11.9. The Morgan fingerprint density at radius 3 is 2.36 bits per heavy atom. The van der Waals surface area contributed by atoms with E-state index in [1.807, 2.05) is 12.2 Å². The van der Waals surface area contributed by atoms with Crippen molar-refractivity contribution in [2.45, 2.75) is 71.3 Å². The van der Waals surface area contributed by atoms with Crippen molar-refractivity contribution in [1.29, 1.82) is 0 Å². The molecule has 3 atom stereocenters. The van der Waals surface area contributed by atoms with Crippen LogP contribution in [0, 0.1) is 11.8 Å². The number of carboxylic acid groups (broad SMARTS) is 1. The number of rotatable bonds is 15. The molecule has 0 aromatic heterocycles. The lowest BCUT2D eigenvalue weighted by molar-refractivity contribution is -0.137. The van der Waals surface area contributed by atoms with Crippen LogP contribution < -0.4 is 0 Å². The Hall–Kier alpha value is -1.75. The third-order valence-corrected chi connectivity index (χ3v) is 4.12. The predicted molar refractivity (Wildman–Crippen MR) is 98.3 cm³/mol. The zero-order valence-corrected chi connectivity index (χ0v) is 15.4. The van der Waals surface area contributed by atoms with Crippen LogP contribution in [0.15, 0.2) is 24.3 Å². The third kappa shape index (κ3) is 12.3. The Kier molecular flexibility index (Phi) is 13.6. The summed E-state index contributed by atoms with van der Waals surface area (Å²) in [5.41, 5.74) is 0. The molecule has 0 bridgehead atoms. The highest BCUT2D eigenvalue weighted by molar-refractivity contribution is 5.82. The minimum absolute atomic E-state index is 0.0233. The molecule has 0 fully saturated rings. The van der Waals surface area contributed by atoms with Crippen LogP contribution >= 0.6 is 0 Å². The van der Waals surface area contributed by atoms with Crippen molar-refractivity contribution >= 4 is 18.0 Å². The SMILES string of the molecule is CCCCCC=CCC(O)C=CC(C=O)C(CCCC(=O)O)C(C)=O. The summed E-state index contributed by atoms with van der Waals surface area (Å²) >= 11 is 0. The Morgan fingerprint density at radius 1 is 1.08 bits per heavy atom. The standard InChI is InChI=1S/C20H32O5/c1-3-4-5-6-7-8-10-18(23)14-13-17(15-21)19(16(2)22)11-9-12-20(24)25/h7-8,13-15,17-19,23H,3-6,9-12H2,1-2H3,(H,24,25). The van der Waals surface area contributed by atoms with E-state index in [9.17, 15) is 19.5 Å². The Labute approximate surface area is 150 Å². The van der Waals surface area contributed by atoms with Gasteiger partial charge in [-0.3, -0.25) is 9.59 Å². The molecule has 0 aromatic rings. The number of carboxylic acids is 1. The maximum Gasteiger partial charge on any atom is 0.303 e. The summed E-state index contributed by atoms with van der Waals surface area (Å²) in [6.07, 6.45) is 12.7. The molecule has 2 N–H and O–H groups in total. The normalized spacial score (nSPS) is 15.3. The van der Waals surface area contributed by atoms with Crippen LogP contribution in [0.2, 0.25) is 0 Å². The zero-order chi connectivity index (χ0) is 19.1. The smallest absolute Gasteiger partial charge is 0.303 e. The molecule has 5 nitrogen and oxygen atoms in total. The molecule has 142 valence electrons.